The monoisotopic (exact) mass is 404 g/mol. The molecule has 0 aliphatic carbocycles. The largest absolute Gasteiger partial charge is 0.423 e. The number of guanidine groups is 1. The predicted octanol–water partition coefficient (Wildman–Crippen LogP) is 2.23. The fourth-order valence-electron chi connectivity index (χ4n) is 2.35. The van der Waals surface area contributed by atoms with E-state index in [-0.39, 0.29) is 16.6 Å². The molecule has 2 aromatic carbocycles. The molecule has 4 N–H and O–H groups in total. The van der Waals surface area contributed by atoms with Gasteiger partial charge < -0.3 is 16.2 Å². The average Bonchev–Trinajstić information content (AvgIpc) is 2.66. The first-order valence-electron chi connectivity index (χ1n) is 8.72. The molecular formula is C19H24N4O4S. The van der Waals surface area contributed by atoms with E-state index in [1.165, 1.54) is 40.7 Å². The Kier molecular flexibility index (Phi) is 7.13. The summed E-state index contributed by atoms with van der Waals surface area (Å²) in [6.45, 7) is 2.45. The van der Waals surface area contributed by atoms with Crippen molar-refractivity contribution in [1.82, 2.24) is 4.31 Å². The molecule has 28 heavy (non-hydrogen) atoms. The lowest BCUT2D eigenvalue weighted by Gasteiger charge is -2.16. The Morgan fingerprint density at radius 1 is 1.07 bits per heavy atom. The van der Waals surface area contributed by atoms with Crippen molar-refractivity contribution >= 4 is 27.6 Å². The van der Waals surface area contributed by atoms with E-state index in [1.54, 1.807) is 19.2 Å². The highest BCUT2D eigenvalue weighted by Gasteiger charge is 2.20. The van der Waals surface area contributed by atoms with Crippen LogP contribution in [0.5, 0.6) is 5.75 Å². The molecule has 9 heteroatoms. The summed E-state index contributed by atoms with van der Waals surface area (Å²) in [4.78, 5) is 16.2. The van der Waals surface area contributed by atoms with Gasteiger partial charge in [0.25, 0.3) is 0 Å². The number of benzene rings is 2. The van der Waals surface area contributed by atoms with Crippen molar-refractivity contribution in [3.8, 4) is 5.75 Å². The highest BCUT2D eigenvalue weighted by molar-refractivity contribution is 7.89. The van der Waals surface area contributed by atoms with Crippen LogP contribution in [0.25, 0.3) is 0 Å². The zero-order valence-electron chi connectivity index (χ0n) is 15.8. The van der Waals surface area contributed by atoms with Gasteiger partial charge >= 0.3 is 5.97 Å². The van der Waals surface area contributed by atoms with Gasteiger partial charge in [0.05, 0.1) is 16.1 Å². The number of carbonyl (C=O) groups is 1. The molecule has 2 rings (SSSR count). The zero-order chi connectivity index (χ0) is 20.7. The average molecular weight is 404 g/mol. The molecule has 0 fully saturated rings. The molecule has 0 bridgehead atoms. The van der Waals surface area contributed by atoms with Crippen LogP contribution in [0, 0.1) is 0 Å². The van der Waals surface area contributed by atoms with Gasteiger partial charge in [-0.1, -0.05) is 13.3 Å². The maximum Gasteiger partial charge on any atom is 0.343 e. The maximum atomic E-state index is 12.5. The summed E-state index contributed by atoms with van der Waals surface area (Å²) >= 11 is 0. The lowest BCUT2D eigenvalue weighted by atomic mass is 10.2. The predicted molar refractivity (Wildman–Crippen MR) is 108 cm³/mol. The summed E-state index contributed by atoms with van der Waals surface area (Å²) < 4.78 is 31.6. The highest BCUT2D eigenvalue weighted by atomic mass is 32.2. The first-order chi connectivity index (χ1) is 13.2. The summed E-state index contributed by atoms with van der Waals surface area (Å²) in [5.74, 6) is -0.411. The van der Waals surface area contributed by atoms with Gasteiger partial charge in [-0.05, 0) is 55.0 Å². The quantitative estimate of drug-likeness (QED) is 0.300. The Morgan fingerprint density at radius 2 is 1.68 bits per heavy atom. The smallest absolute Gasteiger partial charge is 0.343 e. The minimum Gasteiger partial charge on any atom is -0.423 e. The normalized spacial score (nSPS) is 11.2. The molecule has 8 nitrogen and oxygen atoms in total. The van der Waals surface area contributed by atoms with Crippen LogP contribution in [0.15, 0.2) is 58.4 Å². The Hall–Kier alpha value is -2.91. The van der Waals surface area contributed by atoms with Crippen LogP contribution in [0.3, 0.4) is 0 Å². The van der Waals surface area contributed by atoms with Gasteiger partial charge in [-0.3, -0.25) is 0 Å². The second kappa shape index (κ2) is 9.34. The van der Waals surface area contributed by atoms with E-state index in [4.69, 9.17) is 16.2 Å². The third kappa shape index (κ3) is 5.54. The van der Waals surface area contributed by atoms with E-state index in [2.05, 4.69) is 4.99 Å². The van der Waals surface area contributed by atoms with Crippen molar-refractivity contribution < 1.29 is 17.9 Å². The van der Waals surface area contributed by atoms with E-state index in [9.17, 15) is 13.2 Å². The fourth-order valence-corrected chi connectivity index (χ4v) is 3.56. The van der Waals surface area contributed by atoms with Crippen LogP contribution in [0.1, 0.15) is 30.1 Å². The molecule has 0 radical (unpaired) electrons. The van der Waals surface area contributed by atoms with Gasteiger partial charge in [0.15, 0.2) is 5.96 Å². The van der Waals surface area contributed by atoms with Crippen molar-refractivity contribution in [2.45, 2.75) is 24.7 Å². The summed E-state index contributed by atoms with van der Waals surface area (Å²) in [5, 5.41) is 0. The Bertz CT molecular complexity index is 935. The van der Waals surface area contributed by atoms with Crippen LogP contribution in [0.2, 0.25) is 0 Å². The Labute approximate surface area is 164 Å². The number of carbonyl (C=O) groups excluding carboxylic acids is 1. The van der Waals surface area contributed by atoms with Crippen molar-refractivity contribution in [3.05, 3.63) is 54.1 Å². The third-order valence-corrected chi connectivity index (χ3v) is 5.80. The molecule has 0 unspecified atom stereocenters. The van der Waals surface area contributed by atoms with E-state index >= 15 is 0 Å². The molecule has 0 aliphatic rings. The molecule has 0 saturated heterocycles. The number of ether oxygens (including phenoxy) is 1. The van der Waals surface area contributed by atoms with Gasteiger partial charge in [-0.2, -0.15) is 0 Å². The van der Waals surface area contributed by atoms with Crippen molar-refractivity contribution in [3.63, 3.8) is 0 Å². The Morgan fingerprint density at radius 3 is 2.21 bits per heavy atom. The number of nitrogens with two attached hydrogens (primary N) is 2. The van der Waals surface area contributed by atoms with Crippen LogP contribution < -0.4 is 16.2 Å². The minimum atomic E-state index is -3.56. The molecule has 0 aromatic heterocycles. The molecule has 0 spiro atoms. The number of aliphatic imine (C=N–C) groups is 1. The SMILES string of the molecule is CCCCN(C)S(=O)(=O)c1ccc(OC(=O)c2ccc(N=C(N)N)cc2)cc1. The van der Waals surface area contributed by atoms with Gasteiger partial charge in [0, 0.05) is 13.6 Å². The second-order valence-corrected chi connectivity index (χ2v) is 8.17. The number of hydrogen-bond donors (Lipinski definition) is 2. The fraction of sp³-hybridized carbons (Fsp3) is 0.263. The van der Waals surface area contributed by atoms with Gasteiger partial charge in [0.2, 0.25) is 10.0 Å². The van der Waals surface area contributed by atoms with Crippen LogP contribution in [-0.4, -0.2) is 38.2 Å². The molecule has 0 atom stereocenters. The number of unbranched alkanes of at least 4 members (excludes halogenated alkanes) is 1. The Balaban J connectivity index is 2.07. The molecule has 0 aliphatic heterocycles. The van der Waals surface area contributed by atoms with E-state index < -0.39 is 16.0 Å². The first kappa shape index (κ1) is 21.4. The molecule has 0 heterocycles. The topological polar surface area (TPSA) is 128 Å². The van der Waals surface area contributed by atoms with Gasteiger partial charge in [-0.15, -0.1) is 0 Å². The van der Waals surface area contributed by atoms with Crippen molar-refractivity contribution in [1.29, 1.82) is 0 Å². The molecule has 150 valence electrons. The lowest BCUT2D eigenvalue weighted by molar-refractivity contribution is 0.0734. The zero-order valence-corrected chi connectivity index (χ0v) is 16.6. The van der Waals surface area contributed by atoms with Crippen LogP contribution in [0.4, 0.5) is 5.69 Å². The lowest BCUT2D eigenvalue weighted by Crippen LogP contribution is -2.27. The molecule has 0 saturated carbocycles. The van der Waals surface area contributed by atoms with Gasteiger partial charge in [-0.25, -0.2) is 22.5 Å². The third-order valence-electron chi connectivity index (χ3n) is 3.93. The second-order valence-electron chi connectivity index (χ2n) is 6.12. The van der Waals surface area contributed by atoms with E-state index in [1.807, 2.05) is 6.92 Å². The summed E-state index contributed by atoms with van der Waals surface area (Å²) in [6.07, 6.45) is 1.69. The minimum absolute atomic E-state index is 0.0780. The van der Waals surface area contributed by atoms with E-state index in [0.29, 0.717) is 17.8 Å². The number of sulfonamides is 1. The maximum absolute atomic E-state index is 12.5. The first-order valence-corrected chi connectivity index (χ1v) is 10.2. The van der Waals surface area contributed by atoms with Crippen LogP contribution in [-0.2, 0) is 10.0 Å². The number of nitrogens with zero attached hydrogens (tertiary/aromatic N) is 2. The number of esters is 1. The summed E-state index contributed by atoms with van der Waals surface area (Å²) in [7, 11) is -2.02. The summed E-state index contributed by atoms with van der Waals surface area (Å²) in [5.41, 5.74) is 11.4. The molecule has 2 aromatic rings. The highest BCUT2D eigenvalue weighted by Crippen LogP contribution is 2.21. The number of hydrogen-bond acceptors (Lipinski definition) is 5. The summed E-state index contributed by atoms with van der Waals surface area (Å²) in [6, 6.07) is 12.0. The van der Waals surface area contributed by atoms with Crippen LogP contribution >= 0.6 is 0 Å². The molecular weight excluding hydrogens is 380 g/mol. The molecule has 0 amide bonds. The van der Waals surface area contributed by atoms with Crippen molar-refractivity contribution in [2.75, 3.05) is 13.6 Å². The van der Waals surface area contributed by atoms with E-state index in [0.717, 1.165) is 12.8 Å². The van der Waals surface area contributed by atoms with Gasteiger partial charge in [0.1, 0.15) is 5.75 Å². The van der Waals surface area contributed by atoms with Crippen molar-refractivity contribution in [2.24, 2.45) is 16.5 Å². The standard InChI is InChI=1S/C19H24N4O4S/c1-3-4-13-23(2)28(25,26)17-11-9-16(10-12-17)27-18(24)14-5-7-15(8-6-14)22-19(20)21/h5-12H,3-4,13H2,1-2H3,(H4,20,21,22). The number of rotatable bonds is 8.